The summed E-state index contributed by atoms with van der Waals surface area (Å²) in [6, 6.07) is 65.1. The van der Waals surface area contributed by atoms with Crippen molar-refractivity contribution in [2.75, 3.05) is 9.80 Å². The Kier molecular flexibility index (Phi) is 7.91. The summed E-state index contributed by atoms with van der Waals surface area (Å²) >= 11 is 0. The van der Waals surface area contributed by atoms with Crippen LogP contribution in [0.2, 0.25) is 0 Å². The van der Waals surface area contributed by atoms with Crippen LogP contribution in [-0.2, 0) is 5.41 Å². The Labute approximate surface area is 289 Å². The van der Waals surface area contributed by atoms with Crippen LogP contribution in [0.25, 0.3) is 23.3 Å². The lowest BCUT2D eigenvalue weighted by Gasteiger charge is -2.42. The van der Waals surface area contributed by atoms with Crippen LogP contribution in [0.1, 0.15) is 36.1 Å². The van der Waals surface area contributed by atoms with Crippen LogP contribution < -0.4 is 9.80 Å². The molecule has 49 heavy (non-hydrogen) atoms. The highest BCUT2D eigenvalue weighted by Gasteiger charge is 2.36. The fourth-order valence-electron chi connectivity index (χ4n) is 7.09. The van der Waals surface area contributed by atoms with Gasteiger partial charge in [-0.25, -0.2) is 0 Å². The molecular formula is C47H38N2. The number of benzene rings is 7. The minimum Gasteiger partial charge on any atom is -0.311 e. The Hall–Kier alpha value is -6.12. The molecule has 2 heteroatoms. The van der Waals surface area contributed by atoms with E-state index in [-0.39, 0.29) is 5.41 Å². The summed E-state index contributed by atoms with van der Waals surface area (Å²) < 4.78 is 0. The molecule has 0 aromatic heterocycles. The second-order valence-electron chi connectivity index (χ2n) is 13.1. The van der Waals surface area contributed by atoms with Gasteiger partial charge in [-0.05, 0) is 100 Å². The summed E-state index contributed by atoms with van der Waals surface area (Å²) in [4.78, 5) is 4.72. The van der Waals surface area contributed by atoms with Crippen LogP contribution in [0.3, 0.4) is 0 Å². The van der Waals surface area contributed by atoms with Gasteiger partial charge in [0.15, 0.2) is 0 Å². The van der Waals surface area contributed by atoms with Crippen molar-refractivity contribution in [1.82, 2.24) is 0 Å². The maximum absolute atomic E-state index is 2.43. The Morgan fingerprint density at radius 1 is 0.429 bits per heavy atom. The van der Waals surface area contributed by atoms with E-state index in [4.69, 9.17) is 0 Å². The van der Waals surface area contributed by atoms with Gasteiger partial charge in [-0.2, -0.15) is 0 Å². The standard InChI is InChI=1S/C47H38N2/c1-47(2)43-23-12-13-24-45(43)49(42-22-14-17-38(34-42)37-15-6-3-7-16-37)46-32-29-36(33-44(46)47)26-25-35-27-30-41(31-28-35)48(39-18-8-4-9-19-39)40-20-10-5-11-21-40/h3-34H,1-2H3/b26-25+. The Morgan fingerprint density at radius 3 is 1.65 bits per heavy atom. The van der Waals surface area contributed by atoms with Crippen molar-refractivity contribution in [2.24, 2.45) is 0 Å². The van der Waals surface area contributed by atoms with Crippen molar-refractivity contribution in [1.29, 1.82) is 0 Å². The van der Waals surface area contributed by atoms with E-state index in [2.05, 4.69) is 218 Å². The first-order chi connectivity index (χ1) is 24.1. The summed E-state index contributed by atoms with van der Waals surface area (Å²) in [6.07, 6.45) is 4.45. The molecule has 7 aromatic rings. The van der Waals surface area contributed by atoms with Gasteiger partial charge in [-0.3, -0.25) is 0 Å². The van der Waals surface area contributed by atoms with Crippen molar-refractivity contribution in [3.63, 3.8) is 0 Å². The van der Waals surface area contributed by atoms with E-state index >= 15 is 0 Å². The molecule has 2 nitrogen and oxygen atoms in total. The van der Waals surface area contributed by atoms with Gasteiger partial charge in [-0.15, -0.1) is 0 Å². The van der Waals surface area contributed by atoms with Gasteiger partial charge in [0.1, 0.15) is 0 Å². The fraction of sp³-hybridized carbons (Fsp3) is 0.0638. The lowest BCUT2D eigenvalue weighted by atomic mass is 9.73. The number of nitrogens with zero attached hydrogens (tertiary/aromatic N) is 2. The maximum Gasteiger partial charge on any atom is 0.0503 e. The first-order valence-electron chi connectivity index (χ1n) is 16.9. The molecule has 0 unspecified atom stereocenters. The molecule has 0 radical (unpaired) electrons. The van der Waals surface area contributed by atoms with Crippen LogP contribution in [0.15, 0.2) is 182 Å². The number of anilines is 6. The molecule has 1 aliphatic rings. The molecule has 0 saturated carbocycles. The molecule has 0 spiro atoms. The first-order valence-corrected chi connectivity index (χ1v) is 16.9. The molecule has 1 heterocycles. The van der Waals surface area contributed by atoms with Gasteiger partial charge in [0.2, 0.25) is 0 Å². The van der Waals surface area contributed by atoms with Gasteiger partial charge >= 0.3 is 0 Å². The molecule has 0 N–H and O–H groups in total. The van der Waals surface area contributed by atoms with Gasteiger partial charge < -0.3 is 9.80 Å². The molecule has 0 aliphatic carbocycles. The fourth-order valence-corrected chi connectivity index (χ4v) is 7.09. The van der Waals surface area contributed by atoms with Crippen molar-refractivity contribution < 1.29 is 0 Å². The summed E-state index contributed by atoms with van der Waals surface area (Å²) in [5.74, 6) is 0. The predicted molar refractivity (Wildman–Crippen MR) is 209 cm³/mol. The van der Waals surface area contributed by atoms with Crippen LogP contribution in [0.5, 0.6) is 0 Å². The molecular weight excluding hydrogens is 593 g/mol. The van der Waals surface area contributed by atoms with Crippen LogP contribution in [0, 0.1) is 0 Å². The highest BCUT2D eigenvalue weighted by atomic mass is 15.2. The SMILES string of the molecule is CC1(C)c2ccccc2N(c2cccc(-c3ccccc3)c2)c2ccc(/C=C/c3ccc(N(c4ccccc4)c4ccccc4)cc3)cc21. The normalized spacial score (nSPS) is 13.1. The molecule has 0 amide bonds. The average Bonchev–Trinajstić information content (AvgIpc) is 3.16. The monoisotopic (exact) mass is 630 g/mol. The second kappa shape index (κ2) is 12.8. The van der Waals surface area contributed by atoms with Crippen molar-refractivity contribution in [3.05, 3.63) is 204 Å². The highest BCUT2D eigenvalue weighted by molar-refractivity contribution is 5.88. The summed E-state index contributed by atoms with van der Waals surface area (Å²) in [7, 11) is 0. The van der Waals surface area contributed by atoms with Crippen LogP contribution in [0.4, 0.5) is 34.1 Å². The number of para-hydroxylation sites is 3. The van der Waals surface area contributed by atoms with Gasteiger partial charge in [0, 0.05) is 28.2 Å². The number of hydrogen-bond donors (Lipinski definition) is 0. The van der Waals surface area contributed by atoms with E-state index < -0.39 is 0 Å². The van der Waals surface area contributed by atoms with Crippen molar-refractivity contribution >= 4 is 46.3 Å². The van der Waals surface area contributed by atoms with Crippen molar-refractivity contribution in [3.8, 4) is 11.1 Å². The summed E-state index contributed by atoms with van der Waals surface area (Å²) in [6.45, 7) is 4.69. The number of fused-ring (bicyclic) bond motifs is 2. The second-order valence-corrected chi connectivity index (χ2v) is 13.1. The van der Waals surface area contributed by atoms with E-state index in [0.717, 1.165) is 28.3 Å². The lowest BCUT2D eigenvalue weighted by molar-refractivity contribution is 0.631. The minimum absolute atomic E-state index is 0.163. The van der Waals surface area contributed by atoms with E-state index in [0.29, 0.717) is 0 Å². The molecule has 8 rings (SSSR count). The third-order valence-corrected chi connectivity index (χ3v) is 9.61. The molecule has 0 fully saturated rings. The molecule has 1 aliphatic heterocycles. The highest BCUT2D eigenvalue weighted by Crippen LogP contribution is 2.52. The smallest absolute Gasteiger partial charge is 0.0503 e. The molecule has 0 atom stereocenters. The van der Waals surface area contributed by atoms with E-state index in [1.807, 2.05) is 0 Å². The number of rotatable bonds is 7. The maximum atomic E-state index is 2.43. The molecule has 236 valence electrons. The third-order valence-electron chi connectivity index (χ3n) is 9.61. The largest absolute Gasteiger partial charge is 0.311 e. The minimum atomic E-state index is -0.163. The van der Waals surface area contributed by atoms with Gasteiger partial charge in [0.05, 0.1) is 11.4 Å². The Balaban J connectivity index is 1.13. The Bertz CT molecular complexity index is 2200. The lowest BCUT2D eigenvalue weighted by Crippen LogP contribution is -2.30. The molecule has 0 saturated heterocycles. The zero-order valence-corrected chi connectivity index (χ0v) is 27.9. The molecule has 7 aromatic carbocycles. The average molecular weight is 631 g/mol. The quantitative estimate of drug-likeness (QED) is 0.162. The van der Waals surface area contributed by atoms with Gasteiger partial charge in [0.25, 0.3) is 0 Å². The van der Waals surface area contributed by atoms with Crippen LogP contribution in [-0.4, -0.2) is 0 Å². The van der Waals surface area contributed by atoms with E-state index in [1.54, 1.807) is 0 Å². The third kappa shape index (κ3) is 5.83. The predicted octanol–water partition coefficient (Wildman–Crippen LogP) is 13.1. The van der Waals surface area contributed by atoms with Gasteiger partial charge in [-0.1, -0.05) is 141 Å². The zero-order valence-electron chi connectivity index (χ0n) is 27.9. The molecule has 0 bridgehead atoms. The topological polar surface area (TPSA) is 6.48 Å². The summed E-state index contributed by atoms with van der Waals surface area (Å²) in [5, 5.41) is 0. The van der Waals surface area contributed by atoms with E-state index in [1.165, 1.54) is 39.2 Å². The summed E-state index contributed by atoms with van der Waals surface area (Å²) in [5.41, 5.74) is 14.3. The first kappa shape index (κ1) is 30.2. The van der Waals surface area contributed by atoms with E-state index in [9.17, 15) is 0 Å². The Morgan fingerprint density at radius 2 is 0.959 bits per heavy atom. The number of hydrogen-bond acceptors (Lipinski definition) is 2. The zero-order chi connectivity index (χ0) is 33.2. The van der Waals surface area contributed by atoms with Crippen molar-refractivity contribution in [2.45, 2.75) is 19.3 Å². The van der Waals surface area contributed by atoms with Crippen LogP contribution >= 0.6 is 0 Å².